The van der Waals surface area contributed by atoms with Crippen LogP contribution in [-0.2, 0) is 4.65 Å². The first kappa shape index (κ1) is 14.2. The van der Waals surface area contributed by atoms with Gasteiger partial charge in [0.1, 0.15) is 0 Å². The maximum Gasteiger partial charge on any atom is 0.493 e. The van der Waals surface area contributed by atoms with Gasteiger partial charge in [-0.25, -0.2) is 0 Å². The molecule has 0 saturated heterocycles. The minimum atomic E-state index is -1.04. The van der Waals surface area contributed by atoms with Gasteiger partial charge in [0.2, 0.25) is 0 Å². The fraction of sp³-hybridized carbons (Fsp3) is 0.600. The molecule has 2 N–H and O–H groups in total. The van der Waals surface area contributed by atoms with Gasteiger partial charge < -0.3 is 14.8 Å². The fourth-order valence-corrected chi connectivity index (χ4v) is 2.45. The average molecular weight is 307 g/mol. The van der Waals surface area contributed by atoms with E-state index in [9.17, 15) is 10.1 Å². The average Bonchev–Trinajstić information content (AvgIpc) is 2.48. The highest BCUT2D eigenvalue weighted by Gasteiger charge is 2.40. The van der Waals surface area contributed by atoms with E-state index >= 15 is 0 Å². The Kier molecular flexibility index (Phi) is 4.24. The summed E-state index contributed by atoms with van der Waals surface area (Å²) in [5.41, 5.74) is -1.19. The molecule has 0 aliphatic heterocycles. The van der Waals surface area contributed by atoms with E-state index in [-0.39, 0.29) is 0 Å². The number of hydrogen-bond acceptors (Lipinski definition) is 4. The Morgan fingerprint density at radius 1 is 1.31 bits per heavy atom. The van der Waals surface area contributed by atoms with Crippen molar-refractivity contribution in [2.75, 3.05) is 0 Å². The topological polar surface area (TPSA) is 49.7 Å². The summed E-state index contributed by atoms with van der Waals surface area (Å²) in [6.45, 7) is 6.80. The Hall–Kier alpha value is 0.125. The van der Waals surface area contributed by atoms with Crippen molar-refractivity contribution in [1.82, 2.24) is 0 Å². The Balaban J connectivity index is 2.80. The van der Waals surface area contributed by atoms with Crippen LogP contribution in [0.2, 0.25) is 0 Å². The zero-order chi connectivity index (χ0) is 12.6. The van der Waals surface area contributed by atoms with Gasteiger partial charge in [0.25, 0.3) is 0 Å². The summed E-state index contributed by atoms with van der Waals surface area (Å²) >= 11 is 4.81. The molecule has 0 unspecified atom stereocenters. The lowest BCUT2D eigenvalue weighted by atomic mass is 9.78. The molecule has 0 amide bonds. The first-order valence-corrected chi connectivity index (χ1v) is 6.68. The largest absolute Gasteiger partial charge is 0.493 e. The van der Waals surface area contributed by atoms with Gasteiger partial charge in [-0.15, -0.1) is 0 Å². The lowest BCUT2D eigenvalue weighted by Crippen LogP contribution is -2.53. The van der Waals surface area contributed by atoms with Crippen LogP contribution in [0.5, 0.6) is 0 Å². The smallest absolute Gasteiger partial charge is 0.423 e. The quantitative estimate of drug-likeness (QED) is 0.834. The number of aliphatic hydroxyl groups is 1. The molecule has 0 bridgehead atoms. The molecule has 0 aromatic carbocycles. The summed E-state index contributed by atoms with van der Waals surface area (Å²) in [7, 11) is -1.04. The molecule has 0 atom stereocenters. The summed E-state index contributed by atoms with van der Waals surface area (Å²) in [6.07, 6.45) is 0. The van der Waals surface area contributed by atoms with Crippen LogP contribution >= 0.6 is 27.3 Å². The van der Waals surface area contributed by atoms with E-state index in [1.807, 2.05) is 10.8 Å². The Bertz CT molecular complexity index is 359. The zero-order valence-corrected chi connectivity index (χ0v) is 12.2. The van der Waals surface area contributed by atoms with Gasteiger partial charge in [0.05, 0.1) is 11.2 Å². The molecule has 1 aromatic rings. The van der Waals surface area contributed by atoms with Gasteiger partial charge in [-0.1, -0.05) is 15.9 Å². The molecule has 3 nitrogen and oxygen atoms in total. The van der Waals surface area contributed by atoms with Crippen molar-refractivity contribution in [2.45, 2.75) is 38.9 Å². The maximum atomic E-state index is 9.93. The summed E-state index contributed by atoms with van der Waals surface area (Å²) in [5, 5.41) is 23.5. The van der Waals surface area contributed by atoms with E-state index in [0.29, 0.717) is 5.46 Å². The van der Waals surface area contributed by atoms with Crippen LogP contribution < -0.4 is 5.46 Å². The summed E-state index contributed by atoms with van der Waals surface area (Å²) in [5.74, 6) is 0. The first-order valence-electron chi connectivity index (χ1n) is 4.95. The summed E-state index contributed by atoms with van der Waals surface area (Å²) in [6, 6.07) is 0. The van der Waals surface area contributed by atoms with Gasteiger partial charge in [-0.3, -0.25) is 0 Å². The number of hydrogen-bond donors (Lipinski definition) is 2. The monoisotopic (exact) mass is 306 g/mol. The van der Waals surface area contributed by atoms with Crippen LogP contribution in [0.4, 0.5) is 0 Å². The van der Waals surface area contributed by atoms with Crippen molar-refractivity contribution in [3.63, 3.8) is 0 Å². The molecule has 0 saturated carbocycles. The molecule has 0 spiro atoms. The maximum absolute atomic E-state index is 9.93. The van der Waals surface area contributed by atoms with E-state index in [4.69, 9.17) is 4.65 Å². The molecule has 16 heavy (non-hydrogen) atoms. The second-order valence-electron chi connectivity index (χ2n) is 4.71. The minimum Gasteiger partial charge on any atom is -0.423 e. The lowest BCUT2D eigenvalue weighted by Gasteiger charge is -2.38. The summed E-state index contributed by atoms with van der Waals surface area (Å²) < 4.78 is 6.33. The van der Waals surface area contributed by atoms with E-state index in [0.717, 1.165) is 4.47 Å². The van der Waals surface area contributed by atoms with E-state index < -0.39 is 18.3 Å². The Morgan fingerprint density at radius 3 is 2.25 bits per heavy atom. The third-order valence-corrected chi connectivity index (χ3v) is 4.54. The highest BCUT2D eigenvalue weighted by atomic mass is 79.9. The molecule has 1 aromatic heterocycles. The molecule has 0 radical (unpaired) electrons. The first-order chi connectivity index (χ1) is 7.15. The van der Waals surface area contributed by atoms with Crippen LogP contribution in [0.15, 0.2) is 15.2 Å². The van der Waals surface area contributed by atoms with Gasteiger partial charge in [-0.2, -0.15) is 11.3 Å². The minimum absolute atomic E-state index is 0.683. The van der Waals surface area contributed by atoms with E-state index in [2.05, 4.69) is 15.9 Å². The number of thiophene rings is 1. The normalized spacial score (nSPS) is 12.9. The Morgan fingerprint density at radius 2 is 1.88 bits per heavy atom. The van der Waals surface area contributed by atoms with Gasteiger partial charge in [-0.05, 0) is 33.1 Å². The van der Waals surface area contributed by atoms with Crippen LogP contribution in [-0.4, -0.2) is 28.5 Å². The standard InChI is InChI=1S/C10H16BBrO3S/c1-9(2,13)10(3,4)15-11(14)7-5-16-6-8(7)12/h5-6,13-14H,1-4H3. The molecule has 1 rings (SSSR count). The Labute approximate surface area is 109 Å². The van der Waals surface area contributed by atoms with Crippen molar-refractivity contribution in [3.05, 3.63) is 15.2 Å². The molecule has 0 fully saturated rings. The molecular weight excluding hydrogens is 291 g/mol. The summed E-state index contributed by atoms with van der Waals surface area (Å²) in [4.78, 5) is 0. The third kappa shape index (κ3) is 3.08. The highest BCUT2D eigenvalue weighted by Crippen LogP contribution is 2.26. The second-order valence-corrected chi connectivity index (χ2v) is 6.31. The van der Waals surface area contributed by atoms with Crippen molar-refractivity contribution < 1.29 is 14.8 Å². The van der Waals surface area contributed by atoms with Gasteiger partial charge in [0.15, 0.2) is 0 Å². The lowest BCUT2D eigenvalue weighted by molar-refractivity contribution is -0.0982. The van der Waals surface area contributed by atoms with E-state index in [1.165, 1.54) is 11.3 Å². The van der Waals surface area contributed by atoms with Crippen LogP contribution in [0.3, 0.4) is 0 Å². The van der Waals surface area contributed by atoms with Crippen molar-refractivity contribution in [1.29, 1.82) is 0 Å². The third-order valence-electron chi connectivity index (χ3n) is 2.79. The SMILES string of the molecule is CC(C)(O)C(C)(C)OB(O)c1cscc1Br. The van der Waals surface area contributed by atoms with Crippen molar-refractivity contribution >= 4 is 39.8 Å². The zero-order valence-electron chi connectivity index (χ0n) is 9.82. The van der Waals surface area contributed by atoms with Crippen LogP contribution in [0.25, 0.3) is 0 Å². The molecule has 0 aliphatic rings. The van der Waals surface area contributed by atoms with Crippen LogP contribution in [0, 0.1) is 0 Å². The molecule has 90 valence electrons. The highest BCUT2D eigenvalue weighted by molar-refractivity contribution is 9.10. The van der Waals surface area contributed by atoms with Crippen LogP contribution in [0.1, 0.15) is 27.7 Å². The predicted octanol–water partition coefficient (Wildman–Crippen LogP) is 1.76. The second kappa shape index (κ2) is 4.78. The predicted molar refractivity (Wildman–Crippen MR) is 71.1 cm³/mol. The fourth-order valence-electron chi connectivity index (χ4n) is 0.954. The van der Waals surface area contributed by atoms with Gasteiger partial charge >= 0.3 is 7.12 Å². The van der Waals surface area contributed by atoms with Gasteiger partial charge in [0, 0.05) is 15.3 Å². The molecule has 6 heteroatoms. The van der Waals surface area contributed by atoms with Crippen molar-refractivity contribution in [3.8, 4) is 0 Å². The van der Waals surface area contributed by atoms with Crippen molar-refractivity contribution in [2.24, 2.45) is 0 Å². The molecular formula is C10H16BBrO3S. The molecule has 0 aliphatic carbocycles. The number of halogens is 1. The molecule has 1 heterocycles. The van der Waals surface area contributed by atoms with E-state index in [1.54, 1.807) is 27.7 Å². The number of rotatable bonds is 4.